The van der Waals surface area contributed by atoms with Crippen LogP contribution < -0.4 is 4.74 Å². The summed E-state index contributed by atoms with van der Waals surface area (Å²) in [6, 6.07) is 17.5. The normalized spacial score (nSPS) is 11.0. The van der Waals surface area contributed by atoms with Gasteiger partial charge in [-0.2, -0.15) is 0 Å². The Hall–Kier alpha value is -2.75. The topological polar surface area (TPSA) is 44.8 Å². The van der Waals surface area contributed by atoms with E-state index < -0.39 is 5.97 Å². The first-order valence-electron chi connectivity index (χ1n) is 7.92. The van der Waals surface area contributed by atoms with Gasteiger partial charge in [0.15, 0.2) is 0 Å². The number of hydrogen-bond acceptors (Lipinski definition) is 4. The molecule has 4 heteroatoms. The summed E-state index contributed by atoms with van der Waals surface area (Å²) in [6.07, 6.45) is 2.49. The largest absolute Gasteiger partial charge is 0.489 e. The van der Waals surface area contributed by atoms with Crippen LogP contribution in [0.2, 0.25) is 0 Å². The van der Waals surface area contributed by atoms with Gasteiger partial charge in [0, 0.05) is 0 Å². The molecule has 126 valence electrons. The van der Waals surface area contributed by atoms with Crippen LogP contribution in [-0.2, 0) is 20.9 Å². The lowest BCUT2D eigenvalue weighted by Crippen LogP contribution is -2.08. The minimum absolute atomic E-state index is 0.206. The van der Waals surface area contributed by atoms with Crippen LogP contribution in [0.5, 0.6) is 5.75 Å². The van der Waals surface area contributed by atoms with E-state index in [0.717, 1.165) is 23.3 Å². The molecule has 0 fully saturated rings. The predicted molar refractivity (Wildman–Crippen MR) is 93.5 cm³/mol. The fourth-order valence-corrected chi connectivity index (χ4v) is 2.02. The Morgan fingerprint density at radius 3 is 2.38 bits per heavy atom. The average molecular weight is 326 g/mol. The maximum Gasteiger partial charge on any atom is 0.373 e. The third-order valence-electron chi connectivity index (χ3n) is 3.27. The number of carbonyl (C=O) groups excluding carboxylic acids is 1. The van der Waals surface area contributed by atoms with Gasteiger partial charge in [-0.1, -0.05) is 49.4 Å². The van der Waals surface area contributed by atoms with E-state index in [4.69, 9.17) is 14.2 Å². The second kappa shape index (κ2) is 9.40. The van der Waals surface area contributed by atoms with Crippen molar-refractivity contribution >= 4 is 12.0 Å². The molecule has 2 aromatic carbocycles. The monoisotopic (exact) mass is 326 g/mol. The highest BCUT2D eigenvalue weighted by Gasteiger charge is 2.11. The standard InChI is InChI=1S/C20H22O4/c1-3-13-23-19(20(21)22-2)14-16-9-11-18(12-10-16)24-15-17-7-5-4-6-8-17/h4-12,14H,3,13,15H2,1-2H3/b19-14-. The van der Waals surface area contributed by atoms with Crippen LogP contribution in [0.4, 0.5) is 0 Å². The van der Waals surface area contributed by atoms with E-state index in [1.165, 1.54) is 7.11 Å². The second-order valence-corrected chi connectivity index (χ2v) is 5.19. The number of benzene rings is 2. The molecule has 0 N–H and O–H groups in total. The Morgan fingerprint density at radius 1 is 1.04 bits per heavy atom. The van der Waals surface area contributed by atoms with Crippen molar-refractivity contribution in [2.45, 2.75) is 20.0 Å². The van der Waals surface area contributed by atoms with E-state index in [2.05, 4.69) is 0 Å². The van der Waals surface area contributed by atoms with E-state index >= 15 is 0 Å². The fourth-order valence-electron chi connectivity index (χ4n) is 2.02. The molecular weight excluding hydrogens is 304 g/mol. The number of ether oxygens (including phenoxy) is 3. The molecular formula is C20H22O4. The third-order valence-corrected chi connectivity index (χ3v) is 3.27. The molecule has 0 saturated heterocycles. The van der Waals surface area contributed by atoms with Crippen LogP contribution in [0.3, 0.4) is 0 Å². The van der Waals surface area contributed by atoms with E-state index in [-0.39, 0.29) is 5.76 Å². The van der Waals surface area contributed by atoms with Crippen molar-refractivity contribution in [2.24, 2.45) is 0 Å². The minimum atomic E-state index is -0.479. The number of rotatable bonds is 8. The summed E-state index contributed by atoms with van der Waals surface area (Å²) < 4.78 is 15.9. The molecule has 0 spiro atoms. The maximum absolute atomic E-state index is 11.7. The zero-order valence-corrected chi connectivity index (χ0v) is 14.0. The number of esters is 1. The molecule has 0 aliphatic carbocycles. The van der Waals surface area contributed by atoms with Crippen LogP contribution in [0, 0.1) is 0 Å². The molecule has 2 rings (SSSR count). The first kappa shape index (κ1) is 17.6. The summed E-state index contributed by atoms with van der Waals surface area (Å²) in [4.78, 5) is 11.7. The van der Waals surface area contributed by atoms with Gasteiger partial charge in [0.2, 0.25) is 5.76 Å². The molecule has 0 unspecified atom stereocenters. The zero-order chi connectivity index (χ0) is 17.2. The fraction of sp³-hybridized carbons (Fsp3) is 0.250. The van der Waals surface area contributed by atoms with Gasteiger partial charge in [-0.3, -0.25) is 0 Å². The maximum atomic E-state index is 11.7. The molecule has 0 radical (unpaired) electrons. The highest BCUT2D eigenvalue weighted by atomic mass is 16.6. The Bertz CT molecular complexity index is 660. The van der Waals surface area contributed by atoms with Gasteiger partial charge in [0.25, 0.3) is 0 Å². The lowest BCUT2D eigenvalue weighted by molar-refractivity contribution is -0.139. The highest BCUT2D eigenvalue weighted by molar-refractivity contribution is 5.91. The molecule has 0 aromatic heterocycles. The van der Waals surface area contributed by atoms with Crippen molar-refractivity contribution in [1.29, 1.82) is 0 Å². The SMILES string of the molecule is CCCO/C(=C\c1ccc(OCc2ccccc2)cc1)C(=O)OC. The predicted octanol–water partition coefficient (Wildman–Crippen LogP) is 4.21. The molecule has 4 nitrogen and oxygen atoms in total. The van der Waals surface area contributed by atoms with Crippen molar-refractivity contribution in [1.82, 2.24) is 0 Å². The van der Waals surface area contributed by atoms with Crippen molar-refractivity contribution in [3.8, 4) is 5.75 Å². The average Bonchev–Trinajstić information content (AvgIpc) is 2.64. The third kappa shape index (κ3) is 5.47. The summed E-state index contributed by atoms with van der Waals surface area (Å²) in [5, 5.41) is 0. The van der Waals surface area contributed by atoms with Gasteiger partial charge >= 0.3 is 5.97 Å². The van der Waals surface area contributed by atoms with Gasteiger partial charge in [-0.05, 0) is 35.8 Å². The smallest absolute Gasteiger partial charge is 0.373 e. The van der Waals surface area contributed by atoms with Gasteiger partial charge in [0.1, 0.15) is 12.4 Å². The highest BCUT2D eigenvalue weighted by Crippen LogP contribution is 2.17. The minimum Gasteiger partial charge on any atom is -0.489 e. The van der Waals surface area contributed by atoms with Crippen molar-refractivity contribution in [3.63, 3.8) is 0 Å². The first-order valence-corrected chi connectivity index (χ1v) is 7.92. The summed E-state index contributed by atoms with van der Waals surface area (Å²) in [5.41, 5.74) is 1.96. The van der Waals surface area contributed by atoms with Gasteiger partial charge in [-0.25, -0.2) is 4.79 Å². The van der Waals surface area contributed by atoms with Crippen LogP contribution in [0.25, 0.3) is 6.08 Å². The van der Waals surface area contributed by atoms with E-state index in [1.54, 1.807) is 6.08 Å². The lowest BCUT2D eigenvalue weighted by Gasteiger charge is -2.08. The quantitative estimate of drug-likeness (QED) is 0.414. The van der Waals surface area contributed by atoms with Crippen LogP contribution in [-0.4, -0.2) is 19.7 Å². The molecule has 0 saturated carbocycles. The van der Waals surface area contributed by atoms with Crippen molar-refractivity contribution in [3.05, 3.63) is 71.5 Å². The molecule has 0 amide bonds. The molecule has 2 aromatic rings. The Labute approximate surface area is 142 Å². The first-order chi connectivity index (χ1) is 11.7. The van der Waals surface area contributed by atoms with E-state index in [0.29, 0.717) is 13.2 Å². The molecule has 0 aliphatic rings. The van der Waals surface area contributed by atoms with Gasteiger partial charge in [-0.15, -0.1) is 0 Å². The number of methoxy groups -OCH3 is 1. The van der Waals surface area contributed by atoms with E-state index in [1.807, 2.05) is 61.5 Å². The zero-order valence-electron chi connectivity index (χ0n) is 14.0. The van der Waals surface area contributed by atoms with Crippen LogP contribution in [0.1, 0.15) is 24.5 Å². The summed E-state index contributed by atoms with van der Waals surface area (Å²) in [7, 11) is 1.34. The Balaban J connectivity index is 2.01. The van der Waals surface area contributed by atoms with Gasteiger partial charge < -0.3 is 14.2 Å². The number of hydrogen-bond donors (Lipinski definition) is 0. The summed E-state index contributed by atoms with van der Waals surface area (Å²) in [6.45, 7) is 2.97. The van der Waals surface area contributed by atoms with Crippen LogP contribution >= 0.6 is 0 Å². The molecule has 0 aliphatic heterocycles. The number of carbonyl (C=O) groups is 1. The Kier molecular flexibility index (Phi) is 6.90. The van der Waals surface area contributed by atoms with E-state index in [9.17, 15) is 4.79 Å². The van der Waals surface area contributed by atoms with Crippen molar-refractivity contribution in [2.75, 3.05) is 13.7 Å². The molecule has 0 heterocycles. The second-order valence-electron chi connectivity index (χ2n) is 5.19. The molecule has 0 atom stereocenters. The van der Waals surface area contributed by atoms with Gasteiger partial charge in [0.05, 0.1) is 13.7 Å². The lowest BCUT2D eigenvalue weighted by atomic mass is 10.2. The Morgan fingerprint density at radius 2 is 1.75 bits per heavy atom. The molecule has 24 heavy (non-hydrogen) atoms. The van der Waals surface area contributed by atoms with Crippen LogP contribution in [0.15, 0.2) is 60.4 Å². The molecule has 0 bridgehead atoms. The van der Waals surface area contributed by atoms with Crippen molar-refractivity contribution < 1.29 is 19.0 Å². The summed E-state index contributed by atoms with van der Waals surface area (Å²) in [5.74, 6) is 0.496. The summed E-state index contributed by atoms with van der Waals surface area (Å²) >= 11 is 0.